The van der Waals surface area contributed by atoms with Crippen molar-refractivity contribution in [3.8, 4) is 5.75 Å². The average molecular weight is 250 g/mol. The maximum atomic E-state index is 13.5. The summed E-state index contributed by atoms with van der Waals surface area (Å²) in [4.78, 5) is 0. The van der Waals surface area contributed by atoms with Crippen molar-refractivity contribution in [2.45, 2.75) is 0 Å². The van der Waals surface area contributed by atoms with Crippen LogP contribution in [0.15, 0.2) is 36.4 Å². The molecule has 5 heteroatoms. The predicted octanol–water partition coefficient (Wildman–Crippen LogP) is 3.30. The first-order chi connectivity index (χ1) is 8.61. The van der Waals surface area contributed by atoms with E-state index in [4.69, 9.17) is 10.5 Å². The van der Waals surface area contributed by atoms with Crippen molar-refractivity contribution < 1.29 is 13.5 Å². The summed E-state index contributed by atoms with van der Waals surface area (Å²) in [6.45, 7) is 0. The summed E-state index contributed by atoms with van der Waals surface area (Å²) in [6.07, 6.45) is 0. The molecule has 3 N–H and O–H groups in total. The van der Waals surface area contributed by atoms with Crippen LogP contribution in [0, 0.1) is 11.6 Å². The smallest absolute Gasteiger partial charge is 0.182 e. The summed E-state index contributed by atoms with van der Waals surface area (Å²) in [7, 11) is 1.52. The second-order valence-electron chi connectivity index (χ2n) is 3.68. The standard InChI is InChI=1S/C13H12F2N2O/c1-18-8-5-6-11(10(16)7-8)17-12-4-2-3-9(14)13(12)15/h2-7,17H,16H2,1H3. The predicted molar refractivity (Wildman–Crippen MR) is 67.0 cm³/mol. The Labute approximate surface area is 103 Å². The molecule has 0 saturated carbocycles. The normalized spacial score (nSPS) is 10.2. The quantitative estimate of drug-likeness (QED) is 0.822. The minimum atomic E-state index is -0.937. The number of hydrogen-bond donors (Lipinski definition) is 2. The van der Waals surface area contributed by atoms with Crippen molar-refractivity contribution in [1.29, 1.82) is 0 Å². The van der Waals surface area contributed by atoms with E-state index in [1.165, 1.54) is 19.2 Å². The van der Waals surface area contributed by atoms with Gasteiger partial charge in [-0.05, 0) is 24.3 Å². The van der Waals surface area contributed by atoms with Crippen molar-refractivity contribution >= 4 is 17.1 Å². The zero-order chi connectivity index (χ0) is 13.1. The van der Waals surface area contributed by atoms with Crippen molar-refractivity contribution in [1.82, 2.24) is 0 Å². The Morgan fingerprint density at radius 3 is 2.56 bits per heavy atom. The van der Waals surface area contributed by atoms with E-state index in [-0.39, 0.29) is 5.69 Å². The number of hydrogen-bond acceptors (Lipinski definition) is 3. The minimum Gasteiger partial charge on any atom is -0.497 e. The molecule has 94 valence electrons. The zero-order valence-electron chi connectivity index (χ0n) is 9.71. The molecule has 3 nitrogen and oxygen atoms in total. The van der Waals surface area contributed by atoms with Gasteiger partial charge in [-0.1, -0.05) is 6.07 Å². The third-order valence-corrected chi connectivity index (χ3v) is 2.48. The molecule has 0 aromatic heterocycles. The molecule has 0 aliphatic rings. The number of nitrogen functional groups attached to an aromatic ring is 1. The van der Waals surface area contributed by atoms with Gasteiger partial charge >= 0.3 is 0 Å². The molecule has 2 rings (SSSR count). The van der Waals surface area contributed by atoms with E-state index in [1.807, 2.05) is 0 Å². The molecule has 0 atom stereocenters. The molecule has 0 heterocycles. The lowest BCUT2D eigenvalue weighted by Gasteiger charge is -2.11. The van der Waals surface area contributed by atoms with Gasteiger partial charge in [0.2, 0.25) is 0 Å². The molecule has 18 heavy (non-hydrogen) atoms. The topological polar surface area (TPSA) is 47.3 Å². The van der Waals surface area contributed by atoms with Crippen molar-refractivity contribution in [3.05, 3.63) is 48.0 Å². The van der Waals surface area contributed by atoms with E-state index in [9.17, 15) is 8.78 Å². The highest BCUT2D eigenvalue weighted by Gasteiger charge is 2.09. The third kappa shape index (κ3) is 2.34. The molecular formula is C13H12F2N2O. The van der Waals surface area contributed by atoms with Gasteiger partial charge in [0.1, 0.15) is 5.75 Å². The molecule has 0 unspecified atom stereocenters. The molecule has 2 aromatic carbocycles. The highest BCUT2D eigenvalue weighted by Crippen LogP contribution is 2.28. The number of anilines is 3. The molecule has 0 amide bonds. The second kappa shape index (κ2) is 4.91. The van der Waals surface area contributed by atoms with Crippen LogP contribution in [-0.4, -0.2) is 7.11 Å². The maximum absolute atomic E-state index is 13.5. The molecule has 0 aliphatic heterocycles. The lowest BCUT2D eigenvalue weighted by molar-refractivity contribution is 0.415. The number of ether oxygens (including phenoxy) is 1. The Morgan fingerprint density at radius 2 is 1.89 bits per heavy atom. The largest absolute Gasteiger partial charge is 0.497 e. The van der Waals surface area contributed by atoms with Gasteiger partial charge in [-0.15, -0.1) is 0 Å². The second-order valence-corrected chi connectivity index (χ2v) is 3.68. The summed E-state index contributed by atoms with van der Waals surface area (Å²) in [6, 6.07) is 8.81. The van der Waals surface area contributed by atoms with Crippen LogP contribution in [0.4, 0.5) is 25.8 Å². The minimum absolute atomic E-state index is 0.0341. The van der Waals surface area contributed by atoms with E-state index in [2.05, 4.69) is 5.32 Å². The fraction of sp³-hybridized carbons (Fsp3) is 0.0769. The van der Waals surface area contributed by atoms with Crippen molar-refractivity contribution in [2.75, 3.05) is 18.2 Å². The fourth-order valence-corrected chi connectivity index (χ4v) is 1.53. The zero-order valence-corrected chi connectivity index (χ0v) is 9.71. The molecular weight excluding hydrogens is 238 g/mol. The van der Waals surface area contributed by atoms with Gasteiger partial charge in [0.25, 0.3) is 0 Å². The van der Waals surface area contributed by atoms with Gasteiger partial charge in [-0.2, -0.15) is 0 Å². The third-order valence-electron chi connectivity index (χ3n) is 2.48. The SMILES string of the molecule is COc1ccc(Nc2cccc(F)c2F)c(N)c1. The Balaban J connectivity index is 2.31. The van der Waals surface area contributed by atoms with E-state index in [0.717, 1.165) is 6.07 Å². The number of nitrogens with one attached hydrogen (secondary N) is 1. The van der Waals surface area contributed by atoms with Crippen LogP contribution in [0.25, 0.3) is 0 Å². The van der Waals surface area contributed by atoms with Gasteiger partial charge < -0.3 is 15.8 Å². The van der Waals surface area contributed by atoms with Gasteiger partial charge in [0, 0.05) is 6.07 Å². The van der Waals surface area contributed by atoms with Gasteiger partial charge in [-0.25, -0.2) is 8.78 Å². The van der Waals surface area contributed by atoms with Crippen LogP contribution in [0.3, 0.4) is 0 Å². The van der Waals surface area contributed by atoms with Crippen molar-refractivity contribution in [2.24, 2.45) is 0 Å². The molecule has 0 fully saturated rings. The number of rotatable bonds is 3. The number of halogens is 2. The molecule has 0 aliphatic carbocycles. The maximum Gasteiger partial charge on any atom is 0.182 e. The van der Waals surface area contributed by atoms with Crippen LogP contribution in [0.2, 0.25) is 0 Å². The Morgan fingerprint density at radius 1 is 1.11 bits per heavy atom. The molecule has 0 saturated heterocycles. The van der Waals surface area contributed by atoms with Crippen LogP contribution in [0.5, 0.6) is 5.75 Å². The highest BCUT2D eigenvalue weighted by molar-refractivity contribution is 5.74. The summed E-state index contributed by atoms with van der Waals surface area (Å²) < 4.78 is 31.5. The molecule has 0 radical (unpaired) electrons. The van der Waals surface area contributed by atoms with E-state index < -0.39 is 11.6 Å². The Hall–Kier alpha value is -2.30. The number of nitrogens with two attached hydrogens (primary N) is 1. The van der Waals surface area contributed by atoms with Crippen LogP contribution < -0.4 is 15.8 Å². The summed E-state index contributed by atoms with van der Waals surface area (Å²) in [5, 5.41) is 2.74. The lowest BCUT2D eigenvalue weighted by atomic mass is 10.2. The fourth-order valence-electron chi connectivity index (χ4n) is 1.53. The highest BCUT2D eigenvalue weighted by atomic mass is 19.2. The van der Waals surface area contributed by atoms with E-state index in [0.29, 0.717) is 17.1 Å². The summed E-state index contributed by atoms with van der Waals surface area (Å²) in [5.41, 5.74) is 6.68. The summed E-state index contributed by atoms with van der Waals surface area (Å²) >= 11 is 0. The first kappa shape index (κ1) is 12.2. The van der Waals surface area contributed by atoms with Crippen LogP contribution in [0.1, 0.15) is 0 Å². The van der Waals surface area contributed by atoms with Gasteiger partial charge in [0.15, 0.2) is 11.6 Å². The Bertz CT molecular complexity index is 573. The van der Waals surface area contributed by atoms with Gasteiger partial charge in [0.05, 0.1) is 24.2 Å². The van der Waals surface area contributed by atoms with Gasteiger partial charge in [-0.3, -0.25) is 0 Å². The Kier molecular flexibility index (Phi) is 3.32. The van der Waals surface area contributed by atoms with E-state index >= 15 is 0 Å². The monoisotopic (exact) mass is 250 g/mol. The number of methoxy groups -OCH3 is 1. The molecule has 2 aromatic rings. The van der Waals surface area contributed by atoms with Crippen LogP contribution in [-0.2, 0) is 0 Å². The number of benzene rings is 2. The van der Waals surface area contributed by atoms with E-state index in [1.54, 1.807) is 18.2 Å². The molecule has 0 spiro atoms. The van der Waals surface area contributed by atoms with Crippen LogP contribution >= 0.6 is 0 Å². The lowest BCUT2D eigenvalue weighted by Crippen LogP contribution is -2.00. The first-order valence-corrected chi connectivity index (χ1v) is 5.26. The molecule has 0 bridgehead atoms. The average Bonchev–Trinajstić information content (AvgIpc) is 2.37. The van der Waals surface area contributed by atoms with Crippen molar-refractivity contribution in [3.63, 3.8) is 0 Å². The first-order valence-electron chi connectivity index (χ1n) is 5.26. The summed E-state index contributed by atoms with van der Waals surface area (Å²) in [5.74, 6) is -1.25.